The van der Waals surface area contributed by atoms with Crippen LogP contribution < -0.4 is 5.32 Å². The van der Waals surface area contributed by atoms with Crippen LogP contribution in [-0.4, -0.2) is 47.6 Å². The topological polar surface area (TPSA) is 58.6 Å². The molecule has 0 spiro atoms. The summed E-state index contributed by atoms with van der Waals surface area (Å²) < 4.78 is 5.26. The van der Waals surface area contributed by atoms with E-state index in [1.165, 1.54) is 12.5 Å². The van der Waals surface area contributed by atoms with Crippen molar-refractivity contribution in [3.8, 4) is 0 Å². The maximum Gasteiger partial charge on any atom is 0.253 e. The fraction of sp³-hybridized carbons (Fsp3) is 0.714. The van der Waals surface area contributed by atoms with Gasteiger partial charge in [0, 0.05) is 25.5 Å². The highest BCUT2D eigenvalue weighted by Crippen LogP contribution is 2.41. The maximum absolute atomic E-state index is 12.3. The first-order valence-electron chi connectivity index (χ1n) is 6.87. The minimum atomic E-state index is -0.384. The van der Waals surface area contributed by atoms with Crippen LogP contribution in [0.2, 0.25) is 0 Å². The highest BCUT2D eigenvalue weighted by atomic mass is 32.2. The predicted octanol–water partition coefficient (Wildman–Crippen LogP) is 1.35. The van der Waals surface area contributed by atoms with Crippen LogP contribution in [0.15, 0.2) is 11.3 Å². The molecule has 112 valence electrons. The molecule has 1 fully saturated rings. The average molecular weight is 298 g/mol. The van der Waals surface area contributed by atoms with E-state index in [0.717, 1.165) is 17.9 Å². The van der Waals surface area contributed by atoms with Crippen molar-refractivity contribution < 1.29 is 14.3 Å². The van der Waals surface area contributed by atoms with Crippen LogP contribution in [0.3, 0.4) is 0 Å². The zero-order valence-electron chi connectivity index (χ0n) is 12.4. The first kappa shape index (κ1) is 15.4. The zero-order chi connectivity index (χ0) is 14.9. The summed E-state index contributed by atoms with van der Waals surface area (Å²) in [7, 11) is 1.65. The number of thioether (sulfide) groups is 1. The molecule has 2 aliphatic rings. The first-order chi connectivity index (χ1) is 9.45. The quantitative estimate of drug-likeness (QED) is 0.779. The lowest BCUT2D eigenvalue weighted by atomic mass is 9.98. The molecule has 2 aliphatic heterocycles. The second kappa shape index (κ2) is 6.18. The molecule has 0 saturated carbocycles. The Kier molecular flexibility index (Phi) is 4.75. The molecule has 0 aliphatic carbocycles. The molecule has 1 N–H and O–H groups in total. The third-order valence-electron chi connectivity index (χ3n) is 3.46. The monoisotopic (exact) mass is 298 g/mol. The van der Waals surface area contributed by atoms with E-state index >= 15 is 0 Å². The Bertz CT molecular complexity index is 448. The molecule has 2 unspecified atom stereocenters. The summed E-state index contributed by atoms with van der Waals surface area (Å²) in [4.78, 5) is 25.2. The molecule has 0 aromatic heterocycles. The minimum Gasteiger partial charge on any atom is -0.378 e. The molecule has 0 bridgehead atoms. The van der Waals surface area contributed by atoms with Gasteiger partial charge in [0.25, 0.3) is 5.91 Å². The number of rotatable bonds is 5. The molecule has 2 rings (SSSR count). The van der Waals surface area contributed by atoms with Crippen LogP contribution in [0.4, 0.5) is 0 Å². The summed E-state index contributed by atoms with van der Waals surface area (Å²) in [5, 5.41) is 2.75. The third-order valence-corrected chi connectivity index (χ3v) is 4.80. The van der Waals surface area contributed by atoms with Crippen molar-refractivity contribution in [2.45, 2.75) is 38.6 Å². The Morgan fingerprint density at radius 2 is 2.25 bits per heavy atom. The predicted molar refractivity (Wildman–Crippen MR) is 79.1 cm³/mol. The van der Waals surface area contributed by atoms with E-state index in [9.17, 15) is 9.59 Å². The van der Waals surface area contributed by atoms with E-state index in [4.69, 9.17) is 4.74 Å². The van der Waals surface area contributed by atoms with Crippen LogP contribution in [0.1, 0.15) is 27.2 Å². The largest absolute Gasteiger partial charge is 0.378 e. The summed E-state index contributed by atoms with van der Waals surface area (Å²) in [6.07, 6.45) is 0.979. The Morgan fingerprint density at radius 3 is 2.80 bits per heavy atom. The second-order valence-corrected chi connectivity index (χ2v) is 6.77. The van der Waals surface area contributed by atoms with E-state index in [0.29, 0.717) is 12.5 Å². The Balaban J connectivity index is 2.19. The smallest absolute Gasteiger partial charge is 0.253 e. The molecule has 2 atom stereocenters. The summed E-state index contributed by atoms with van der Waals surface area (Å²) >= 11 is 1.72. The number of carbonyl (C=O) groups is 2. The Morgan fingerprint density at radius 1 is 1.55 bits per heavy atom. The molecule has 1 saturated heterocycles. The van der Waals surface area contributed by atoms with Crippen LogP contribution in [0, 0.1) is 5.92 Å². The molecular formula is C14H22N2O3S. The summed E-state index contributed by atoms with van der Waals surface area (Å²) in [6, 6.07) is -0.384. The molecule has 6 heteroatoms. The van der Waals surface area contributed by atoms with Gasteiger partial charge in [0.15, 0.2) is 0 Å². The molecule has 5 nitrogen and oxygen atoms in total. The molecular weight excluding hydrogens is 276 g/mol. The molecule has 0 radical (unpaired) electrons. The van der Waals surface area contributed by atoms with Gasteiger partial charge in [-0.2, -0.15) is 0 Å². The normalized spacial score (nSPS) is 25.6. The summed E-state index contributed by atoms with van der Waals surface area (Å²) in [5.74, 6) is 1.28. The van der Waals surface area contributed by atoms with Crippen molar-refractivity contribution in [3.05, 3.63) is 11.3 Å². The Labute approximate surface area is 124 Å². The van der Waals surface area contributed by atoms with E-state index in [-0.39, 0.29) is 23.2 Å². The number of hydrogen-bond acceptors (Lipinski definition) is 4. The van der Waals surface area contributed by atoms with Crippen molar-refractivity contribution in [1.82, 2.24) is 10.2 Å². The van der Waals surface area contributed by atoms with Gasteiger partial charge >= 0.3 is 0 Å². The number of hydrogen-bond donors (Lipinski definition) is 1. The van der Waals surface area contributed by atoms with Crippen molar-refractivity contribution in [3.63, 3.8) is 0 Å². The van der Waals surface area contributed by atoms with Crippen LogP contribution in [0.5, 0.6) is 0 Å². The van der Waals surface area contributed by atoms with Gasteiger partial charge < -0.3 is 10.1 Å². The number of nitrogens with one attached hydrogen (secondary N) is 1. The summed E-state index contributed by atoms with van der Waals surface area (Å²) in [5.41, 5.74) is 2.29. The minimum absolute atomic E-state index is 0.0208. The van der Waals surface area contributed by atoms with Crippen LogP contribution in [0.25, 0.3) is 0 Å². The number of amides is 2. The molecule has 2 amide bonds. The van der Waals surface area contributed by atoms with Crippen molar-refractivity contribution in [2.75, 3.05) is 19.5 Å². The van der Waals surface area contributed by atoms with Gasteiger partial charge in [-0.3, -0.25) is 14.5 Å². The third kappa shape index (κ3) is 2.86. The molecule has 2 heterocycles. The van der Waals surface area contributed by atoms with Gasteiger partial charge in [0.1, 0.15) is 11.4 Å². The zero-order valence-corrected chi connectivity index (χ0v) is 13.3. The number of fused-ring (bicyclic) bond motifs is 1. The van der Waals surface area contributed by atoms with Crippen LogP contribution in [-0.2, 0) is 14.3 Å². The van der Waals surface area contributed by atoms with Gasteiger partial charge in [-0.25, -0.2) is 0 Å². The van der Waals surface area contributed by atoms with Crippen LogP contribution >= 0.6 is 11.8 Å². The van der Waals surface area contributed by atoms with Crippen molar-refractivity contribution >= 4 is 23.6 Å². The summed E-state index contributed by atoms with van der Waals surface area (Å²) in [6.45, 7) is 6.25. The van der Waals surface area contributed by atoms with E-state index in [2.05, 4.69) is 19.2 Å². The van der Waals surface area contributed by atoms with Gasteiger partial charge in [-0.05, 0) is 17.9 Å². The number of carbonyl (C=O) groups excluding carboxylic acids is 2. The average Bonchev–Trinajstić information content (AvgIpc) is 2.37. The molecule has 20 heavy (non-hydrogen) atoms. The molecule has 0 aromatic rings. The van der Waals surface area contributed by atoms with Gasteiger partial charge in [-0.1, -0.05) is 13.8 Å². The second-order valence-electron chi connectivity index (χ2n) is 5.67. The number of ether oxygens (including phenoxy) is 1. The fourth-order valence-corrected chi connectivity index (χ4v) is 4.10. The van der Waals surface area contributed by atoms with Gasteiger partial charge in [0.05, 0.1) is 6.61 Å². The number of methoxy groups -OCH3 is 1. The lowest BCUT2D eigenvalue weighted by Crippen LogP contribution is -2.70. The highest BCUT2D eigenvalue weighted by molar-refractivity contribution is 8.00. The SMILES string of the molecule is COCC1=C(CC(C)C)CSC2C(NC(C)=O)C(=O)N12. The lowest BCUT2D eigenvalue weighted by molar-refractivity contribution is -0.146. The standard InChI is InChI=1S/C14H22N2O3S/c1-8(2)5-10-7-20-14-12(15-9(3)17)13(18)16(14)11(10)6-19-4/h8,12,14H,5-7H2,1-4H3,(H,15,17). The van der Waals surface area contributed by atoms with E-state index in [1.54, 1.807) is 23.8 Å². The molecule has 0 aromatic carbocycles. The van der Waals surface area contributed by atoms with E-state index in [1.807, 2.05) is 0 Å². The van der Waals surface area contributed by atoms with Gasteiger partial charge in [-0.15, -0.1) is 11.8 Å². The number of nitrogens with zero attached hydrogens (tertiary/aromatic N) is 1. The first-order valence-corrected chi connectivity index (χ1v) is 7.92. The Hall–Kier alpha value is -1.01. The van der Waals surface area contributed by atoms with Crippen molar-refractivity contribution in [1.29, 1.82) is 0 Å². The van der Waals surface area contributed by atoms with E-state index < -0.39 is 0 Å². The fourth-order valence-electron chi connectivity index (χ4n) is 2.69. The van der Waals surface area contributed by atoms with Crippen molar-refractivity contribution in [2.24, 2.45) is 5.92 Å². The lowest BCUT2D eigenvalue weighted by Gasteiger charge is -2.50. The number of β-lactam (4-membered cyclic amide) rings is 1. The van der Waals surface area contributed by atoms with Gasteiger partial charge in [0.2, 0.25) is 5.91 Å². The maximum atomic E-state index is 12.3. The highest BCUT2D eigenvalue weighted by Gasteiger charge is 2.52.